The van der Waals surface area contributed by atoms with E-state index < -0.39 is 0 Å². The van der Waals surface area contributed by atoms with Crippen LogP contribution >= 0.6 is 0 Å². The number of ether oxygens (including phenoxy) is 3. The second-order valence-electron chi connectivity index (χ2n) is 9.02. The lowest BCUT2D eigenvalue weighted by Crippen LogP contribution is -2.03. The molecule has 0 aromatic heterocycles. The molecule has 0 atom stereocenters. The molecule has 4 rings (SSSR count). The van der Waals surface area contributed by atoms with Crippen LogP contribution in [0.4, 0.5) is 0 Å². The van der Waals surface area contributed by atoms with Gasteiger partial charge in [-0.05, 0) is 81.3 Å². The Bertz CT molecular complexity index is 1380. The first kappa shape index (κ1) is 25.8. The standard InChI is InChI=1S/C33H32O4/c1-22(2)29-8-6-7-9-30(29)32(25-16-20-28(36-4)21-17-25)31(24-14-18-27(35-3)19-15-24)23-10-12-26(13-11-23)33(34)37-5/h6-22H,1-5H3/b32-31-. The van der Waals surface area contributed by atoms with Gasteiger partial charge >= 0.3 is 5.97 Å². The topological polar surface area (TPSA) is 44.8 Å². The average molecular weight is 493 g/mol. The Labute approximate surface area is 219 Å². The van der Waals surface area contributed by atoms with E-state index in [1.165, 1.54) is 12.7 Å². The molecule has 0 unspecified atom stereocenters. The Hall–Kier alpha value is -4.31. The van der Waals surface area contributed by atoms with E-state index in [9.17, 15) is 4.79 Å². The first-order valence-electron chi connectivity index (χ1n) is 12.3. The molecule has 4 nitrogen and oxygen atoms in total. The SMILES string of the molecule is COC(=O)c1ccc(/C(=C(\c2ccc(OC)cc2)c2ccccc2C(C)C)c2ccc(OC)cc2)cc1. The van der Waals surface area contributed by atoms with Crippen molar-refractivity contribution in [2.24, 2.45) is 0 Å². The highest BCUT2D eigenvalue weighted by molar-refractivity contribution is 6.05. The summed E-state index contributed by atoms with van der Waals surface area (Å²) in [6.07, 6.45) is 0. The molecule has 0 saturated carbocycles. The molecule has 0 N–H and O–H groups in total. The molecule has 0 aliphatic heterocycles. The molecule has 0 aliphatic carbocycles. The molecule has 0 aliphatic rings. The van der Waals surface area contributed by atoms with Crippen LogP contribution in [0, 0.1) is 0 Å². The summed E-state index contributed by atoms with van der Waals surface area (Å²) in [6.45, 7) is 4.42. The summed E-state index contributed by atoms with van der Waals surface area (Å²) in [5, 5.41) is 0. The number of hydrogen-bond donors (Lipinski definition) is 0. The van der Waals surface area contributed by atoms with Crippen LogP contribution in [-0.4, -0.2) is 27.3 Å². The summed E-state index contributed by atoms with van der Waals surface area (Å²) in [5.41, 5.74) is 8.17. The fraction of sp³-hybridized carbons (Fsp3) is 0.182. The van der Waals surface area contributed by atoms with Crippen molar-refractivity contribution in [1.82, 2.24) is 0 Å². The van der Waals surface area contributed by atoms with Crippen molar-refractivity contribution in [3.63, 3.8) is 0 Å². The third-order valence-corrected chi connectivity index (χ3v) is 6.45. The molecule has 0 saturated heterocycles. The van der Waals surface area contributed by atoms with Crippen molar-refractivity contribution < 1.29 is 19.0 Å². The minimum absolute atomic E-state index is 0.322. The van der Waals surface area contributed by atoms with Gasteiger partial charge in [0.1, 0.15) is 11.5 Å². The Kier molecular flexibility index (Phi) is 8.09. The number of esters is 1. The number of rotatable bonds is 8. The van der Waals surface area contributed by atoms with Crippen molar-refractivity contribution in [1.29, 1.82) is 0 Å². The Morgan fingerprint density at radius 3 is 1.46 bits per heavy atom. The number of carbonyl (C=O) groups excluding carboxylic acids is 1. The van der Waals surface area contributed by atoms with E-state index in [0.29, 0.717) is 11.5 Å². The van der Waals surface area contributed by atoms with Gasteiger partial charge < -0.3 is 14.2 Å². The first-order chi connectivity index (χ1) is 18.0. The summed E-state index contributed by atoms with van der Waals surface area (Å²) < 4.78 is 15.8. The van der Waals surface area contributed by atoms with Gasteiger partial charge in [0.15, 0.2) is 0 Å². The van der Waals surface area contributed by atoms with Crippen LogP contribution in [0.2, 0.25) is 0 Å². The zero-order chi connectivity index (χ0) is 26.4. The molecule has 0 spiro atoms. The van der Waals surface area contributed by atoms with Gasteiger partial charge in [-0.15, -0.1) is 0 Å². The molecule has 0 radical (unpaired) electrons. The normalized spacial score (nSPS) is 11.6. The van der Waals surface area contributed by atoms with Gasteiger partial charge in [0.05, 0.1) is 26.9 Å². The van der Waals surface area contributed by atoms with Crippen LogP contribution in [0.3, 0.4) is 0 Å². The van der Waals surface area contributed by atoms with Gasteiger partial charge in [-0.25, -0.2) is 4.79 Å². The lowest BCUT2D eigenvalue weighted by atomic mass is 9.82. The number of carbonyl (C=O) groups is 1. The zero-order valence-electron chi connectivity index (χ0n) is 21.9. The van der Waals surface area contributed by atoms with Gasteiger partial charge in [-0.3, -0.25) is 0 Å². The third kappa shape index (κ3) is 5.59. The number of hydrogen-bond acceptors (Lipinski definition) is 4. The molecule has 37 heavy (non-hydrogen) atoms. The maximum atomic E-state index is 12.1. The van der Waals surface area contributed by atoms with Gasteiger partial charge in [0.2, 0.25) is 0 Å². The van der Waals surface area contributed by atoms with E-state index in [0.717, 1.165) is 44.9 Å². The van der Waals surface area contributed by atoms with Crippen molar-refractivity contribution in [2.75, 3.05) is 21.3 Å². The van der Waals surface area contributed by atoms with Gasteiger partial charge in [0.25, 0.3) is 0 Å². The van der Waals surface area contributed by atoms with Gasteiger partial charge in [0, 0.05) is 0 Å². The average Bonchev–Trinajstić information content (AvgIpc) is 2.96. The summed E-state index contributed by atoms with van der Waals surface area (Å²) in [6, 6.07) is 32.4. The van der Waals surface area contributed by atoms with Gasteiger partial charge in [-0.2, -0.15) is 0 Å². The Morgan fingerprint density at radius 2 is 1.00 bits per heavy atom. The highest BCUT2D eigenvalue weighted by atomic mass is 16.5. The van der Waals surface area contributed by atoms with E-state index >= 15 is 0 Å². The van der Waals surface area contributed by atoms with Crippen molar-refractivity contribution in [3.8, 4) is 11.5 Å². The van der Waals surface area contributed by atoms with Crippen molar-refractivity contribution in [2.45, 2.75) is 19.8 Å². The number of benzene rings is 4. The van der Waals surface area contributed by atoms with Crippen LogP contribution in [0.1, 0.15) is 57.9 Å². The minimum Gasteiger partial charge on any atom is -0.497 e. The summed E-state index contributed by atoms with van der Waals surface area (Å²) in [5.74, 6) is 1.55. The Balaban J connectivity index is 2.09. The molecule has 188 valence electrons. The molecule has 4 heteroatoms. The molecule has 4 aromatic carbocycles. The van der Waals surface area contributed by atoms with E-state index in [1.807, 2.05) is 48.5 Å². The van der Waals surface area contributed by atoms with Gasteiger partial charge in [-0.1, -0.05) is 74.5 Å². The quantitative estimate of drug-likeness (QED) is 0.187. The van der Waals surface area contributed by atoms with Crippen LogP contribution in [0.15, 0.2) is 97.1 Å². The third-order valence-electron chi connectivity index (χ3n) is 6.45. The summed E-state index contributed by atoms with van der Waals surface area (Å²) >= 11 is 0. The maximum absolute atomic E-state index is 12.1. The molecule has 0 amide bonds. The molecular weight excluding hydrogens is 460 g/mol. The molecule has 0 bridgehead atoms. The second kappa shape index (κ2) is 11.6. The zero-order valence-corrected chi connectivity index (χ0v) is 21.9. The van der Waals surface area contributed by atoms with E-state index in [1.54, 1.807) is 14.2 Å². The summed E-state index contributed by atoms with van der Waals surface area (Å²) in [7, 11) is 4.73. The minimum atomic E-state index is -0.359. The number of methoxy groups -OCH3 is 3. The van der Waals surface area contributed by atoms with E-state index in [2.05, 4.69) is 62.4 Å². The second-order valence-corrected chi connectivity index (χ2v) is 9.02. The fourth-order valence-electron chi connectivity index (χ4n) is 4.52. The smallest absolute Gasteiger partial charge is 0.337 e. The van der Waals surface area contributed by atoms with Crippen molar-refractivity contribution >= 4 is 17.1 Å². The predicted molar refractivity (Wildman–Crippen MR) is 149 cm³/mol. The van der Waals surface area contributed by atoms with Crippen LogP contribution in [0.5, 0.6) is 11.5 Å². The lowest BCUT2D eigenvalue weighted by Gasteiger charge is -2.22. The summed E-state index contributed by atoms with van der Waals surface area (Å²) in [4.78, 5) is 12.1. The van der Waals surface area contributed by atoms with E-state index in [-0.39, 0.29) is 5.97 Å². The van der Waals surface area contributed by atoms with Crippen molar-refractivity contribution in [3.05, 3.63) is 130 Å². The largest absolute Gasteiger partial charge is 0.497 e. The van der Waals surface area contributed by atoms with Crippen LogP contribution in [-0.2, 0) is 4.74 Å². The molecule has 0 fully saturated rings. The maximum Gasteiger partial charge on any atom is 0.337 e. The van der Waals surface area contributed by atoms with Crippen LogP contribution in [0.25, 0.3) is 11.1 Å². The van der Waals surface area contributed by atoms with E-state index in [4.69, 9.17) is 14.2 Å². The molecule has 0 heterocycles. The molecule has 4 aromatic rings. The fourth-order valence-corrected chi connectivity index (χ4v) is 4.52. The Morgan fingerprint density at radius 1 is 0.568 bits per heavy atom. The first-order valence-corrected chi connectivity index (χ1v) is 12.3. The molecular formula is C33H32O4. The predicted octanol–water partition coefficient (Wildman–Crippen LogP) is 7.62. The monoisotopic (exact) mass is 492 g/mol. The highest BCUT2D eigenvalue weighted by Gasteiger charge is 2.20. The van der Waals surface area contributed by atoms with Crippen LogP contribution < -0.4 is 9.47 Å². The lowest BCUT2D eigenvalue weighted by molar-refractivity contribution is 0.0600. The highest BCUT2D eigenvalue weighted by Crippen LogP contribution is 2.40.